The summed E-state index contributed by atoms with van der Waals surface area (Å²) in [5.41, 5.74) is 0.821. The van der Waals surface area contributed by atoms with E-state index in [1.54, 1.807) is 11.0 Å². The molecule has 5 nitrogen and oxygen atoms in total. The zero-order valence-electron chi connectivity index (χ0n) is 20.2. The number of benzene rings is 1. The Morgan fingerprint density at radius 2 is 2.00 bits per heavy atom. The summed E-state index contributed by atoms with van der Waals surface area (Å²) in [5.74, 6) is 1.14. The smallest absolute Gasteiger partial charge is 0.254 e. The van der Waals surface area contributed by atoms with Gasteiger partial charge in [-0.2, -0.15) is 0 Å². The largest absolute Gasteiger partial charge is 0.493 e. The number of allylic oxidation sites excluding steroid dienone is 4. The molecule has 0 aromatic heterocycles. The maximum Gasteiger partial charge on any atom is 0.254 e. The van der Waals surface area contributed by atoms with Crippen LogP contribution in [-0.4, -0.2) is 49.2 Å². The van der Waals surface area contributed by atoms with Gasteiger partial charge >= 0.3 is 0 Å². The zero-order chi connectivity index (χ0) is 23.9. The van der Waals surface area contributed by atoms with Gasteiger partial charge in [0.05, 0.1) is 6.61 Å². The summed E-state index contributed by atoms with van der Waals surface area (Å²) in [5, 5.41) is 0. The molecular formula is C28H35FN2O3. The molecule has 0 N–H and O–H groups in total. The second kappa shape index (κ2) is 11.5. The lowest BCUT2D eigenvalue weighted by molar-refractivity contribution is -0.114. The fourth-order valence-electron chi connectivity index (χ4n) is 4.70. The third kappa shape index (κ3) is 6.38. The highest BCUT2D eigenvalue weighted by atomic mass is 19.1. The molecule has 0 radical (unpaired) electrons. The van der Waals surface area contributed by atoms with Crippen molar-refractivity contribution in [1.29, 1.82) is 0 Å². The first kappa shape index (κ1) is 24.3. The molecule has 2 aliphatic heterocycles. The summed E-state index contributed by atoms with van der Waals surface area (Å²) in [6, 6.07) is 8.30. The molecule has 34 heavy (non-hydrogen) atoms. The van der Waals surface area contributed by atoms with Crippen LogP contribution in [0.3, 0.4) is 0 Å². The molecule has 1 aromatic rings. The standard InChI is InChI=1S/C28H35FN2O3/c1-3-15-30-17-14-27(18-21(30)2)34-25-12-10-24(11-13-25)31-16-4-5-26(19-28(31)32)33-20-22-6-8-23(29)9-7-22/h4-6,8-13,19,21-22,27H,3,7,14-18,20H2,1-2H3/t21-,22?,27+/m1/s1. The number of rotatable bonds is 8. The van der Waals surface area contributed by atoms with Gasteiger partial charge in [0.1, 0.15) is 23.4 Å². The van der Waals surface area contributed by atoms with Crippen molar-refractivity contribution in [2.45, 2.75) is 51.7 Å². The molecule has 6 heteroatoms. The maximum absolute atomic E-state index is 13.1. The van der Waals surface area contributed by atoms with Gasteiger partial charge in [-0.25, -0.2) is 4.39 Å². The van der Waals surface area contributed by atoms with Crippen LogP contribution in [0.15, 0.2) is 72.3 Å². The SMILES string of the molecule is CCCN1CC[C@H](Oc2ccc(N3CC=CC(OCC4C=CC(F)=CC4)=CC3=O)cc2)C[C@H]1C. The molecule has 0 saturated carbocycles. The Hall–Kier alpha value is -2.86. The number of likely N-dealkylation sites (tertiary alicyclic amines) is 1. The van der Waals surface area contributed by atoms with Gasteiger partial charge < -0.3 is 19.3 Å². The van der Waals surface area contributed by atoms with Gasteiger partial charge in [0.25, 0.3) is 5.91 Å². The lowest BCUT2D eigenvalue weighted by Crippen LogP contribution is -2.44. The molecular weight excluding hydrogens is 431 g/mol. The Labute approximate surface area is 202 Å². The van der Waals surface area contributed by atoms with Crippen LogP contribution < -0.4 is 9.64 Å². The first-order valence-electron chi connectivity index (χ1n) is 12.4. The van der Waals surface area contributed by atoms with Crippen LogP contribution in [0.4, 0.5) is 10.1 Å². The predicted molar refractivity (Wildman–Crippen MR) is 133 cm³/mol. The van der Waals surface area contributed by atoms with Gasteiger partial charge in [-0.1, -0.05) is 19.1 Å². The minimum Gasteiger partial charge on any atom is -0.493 e. The number of carbonyl (C=O) groups is 1. The first-order valence-corrected chi connectivity index (χ1v) is 12.4. The topological polar surface area (TPSA) is 42.0 Å². The lowest BCUT2D eigenvalue weighted by Gasteiger charge is -2.37. The average molecular weight is 467 g/mol. The van der Waals surface area contributed by atoms with Gasteiger partial charge in [0, 0.05) is 36.8 Å². The maximum atomic E-state index is 13.1. The van der Waals surface area contributed by atoms with Crippen LogP contribution in [0.5, 0.6) is 5.75 Å². The monoisotopic (exact) mass is 466 g/mol. The van der Waals surface area contributed by atoms with Crippen LogP contribution >= 0.6 is 0 Å². The van der Waals surface area contributed by atoms with Crippen LogP contribution in [-0.2, 0) is 9.53 Å². The van der Waals surface area contributed by atoms with Crippen molar-refractivity contribution in [3.8, 4) is 5.75 Å². The summed E-state index contributed by atoms with van der Waals surface area (Å²) < 4.78 is 25.2. The second-order valence-corrected chi connectivity index (χ2v) is 9.30. The summed E-state index contributed by atoms with van der Waals surface area (Å²) in [7, 11) is 0. The van der Waals surface area contributed by atoms with Crippen molar-refractivity contribution in [3.63, 3.8) is 0 Å². The van der Waals surface area contributed by atoms with Crippen molar-refractivity contribution in [2.75, 3.05) is 31.1 Å². The number of hydrogen-bond acceptors (Lipinski definition) is 4. The number of halogens is 1. The van der Waals surface area contributed by atoms with Gasteiger partial charge in [-0.3, -0.25) is 4.79 Å². The van der Waals surface area contributed by atoms with E-state index in [1.165, 1.54) is 18.6 Å². The van der Waals surface area contributed by atoms with E-state index < -0.39 is 0 Å². The van der Waals surface area contributed by atoms with Gasteiger partial charge in [-0.05, 0) is 81.6 Å². The molecule has 4 rings (SSSR count). The van der Waals surface area contributed by atoms with Crippen LogP contribution in [0.2, 0.25) is 0 Å². The number of piperidine rings is 1. The van der Waals surface area contributed by atoms with Crippen LogP contribution in [0.1, 0.15) is 39.5 Å². The van der Waals surface area contributed by atoms with E-state index in [-0.39, 0.29) is 23.8 Å². The molecule has 1 saturated heterocycles. The Bertz CT molecular complexity index is 966. The molecule has 1 amide bonds. The summed E-state index contributed by atoms with van der Waals surface area (Å²) in [4.78, 5) is 17.1. The Morgan fingerprint density at radius 3 is 2.71 bits per heavy atom. The van der Waals surface area contributed by atoms with E-state index >= 15 is 0 Å². The van der Waals surface area contributed by atoms with E-state index in [0.29, 0.717) is 31.4 Å². The zero-order valence-corrected chi connectivity index (χ0v) is 20.2. The van der Waals surface area contributed by atoms with Crippen LogP contribution in [0, 0.1) is 5.92 Å². The Morgan fingerprint density at radius 1 is 1.18 bits per heavy atom. The van der Waals surface area contributed by atoms with Gasteiger partial charge in [0.15, 0.2) is 0 Å². The minimum absolute atomic E-state index is 0.109. The molecule has 182 valence electrons. The van der Waals surface area contributed by atoms with E-state index in [0.717, 1.165) is 37.4 Å². The Balaban J connectivity index is 1.31. The number of carbonyl (C=O) groups excluding carboxylic acids is 1. The number of amides is 1. The van der Waals surface area contributed by atoms with E-state index in [1.807, 2.05) is 42.5 Å². The van der Waals surface area contributed by atoms with E-state index in [2.05, 4.69) is 18.7 Å². The van der Waals surface area contributed by atoms with Crippen molar-refractivity contribution < 1.29 is 18.7 Å². The third-order valence-corrected chi connectivity index (χ3v) is 6.64. The predicted octanol–water partition coefficient (Wildman–Crippen LogP) is 5.56. The fraction of sp³-hybridized carbons (Fsp3) is 0.464. The molecule has 2 heterocycles. The summed E-state index contributed by atoms with van der Waals surface area (Å²) in [6.45, 7) is 7.60. The number of hydrogen-bond donors (Lipinski definition) is 0. The first-order chi connectivity index (χ1) is 16.5. The van der Waals surface area contributed by atoms with Crippen LogP contribution in [0.25, 0.3) is 0 Å². The van der Waals surface area contributed by atoms with E-state index in [4.69, 9.17) is 9.47 Å². The fourth-order valence-corrected chi connectivity index (χ4v) is 4.70. The summed E-state index contributed by atoms with van der Waals surface area (Å²) >= 11 is 0. The van der Waals surface area contributed by atoms with E-state index in [9.17, 15) is 9.18 Å². The van der Waals surface area contributed by atoms with Gasteiger partial charge in [-0.15, -0.1) is 0 Å². The molecule has 0 bridgehead atoms. The molecule has 1 unspecified atom stereocenters. The lowest BCUT2D eigenvalue weighted by atomic mass is 10.0. The number of ether oxygens (including phenoxy) is 2. The minimum atomic E-state index is -0.209. The molecule has 0 spiro atoms. The molecule has 3 atom stereocenters. The summed E-state index contributed by atoms with van der Waals surface area (Å²) in [6.07, 6.45) is 14.2. The quantitative estimate of drug-likeness (QED) is 0.503. The number of nitrogens with zero attached hydrogens (tertiary/aromatic N) is 2. The van der Waals surface area contributed by atoms with Gasteiger partial charge in [0.2, 0.25) is 0 Å². The highest BCUT2D eigenvalue weighted by molar-refractivity contribution is 6.02. The normalized spacial score (nSPS) is 25.6. The van der Waals surface area contributed by atoms with Crippen molar-refractivity contribution in [2.24, 2.45) is 5.92 Å². The molecule has 1 aliphatic carbocycles. The van der Waals surface area contributed by atoms with Crippen molar-refractivity contribution in [1.82, 2.24) is 4.90 Å². The third-order valence-electron chi connectivity index (χ3n) is 6.64. The number of anilines is 1. The Kier molecular flexibility index (Phi) is 8.22. The van der Waals surface area contributed by atoms with Crippen molar-refractivity contribution >= 4 is 11.6 Å². The molecule has 1 aromatic carbocycles. The highest BCUT2D eigenvalue weighted by Gasteiger charge is 2.26. The second-order valence-electron chi connectivity index (χ2n) is 9.30. The highest BCUT2D eigenvalue weighted by Crippen LogP contribution is 2.26. The van der Waals surface area contributed by atoms with Crippen molar-refractivity contribution in [3.05, 3.63) is 72.3 Å². The molecule has 1 fully saturated rings. The average Bonchev–Trinajstić information content (AvgIpc) is 3.02. The molecule has 3 aliphatic rings.